The Kier molecular flexibility index (Phi) is 4.83. The number of amides is 6. The normalized spacial score (nSPS) is 17.0. The predicted molar refractivity (Wildman–Crippen MR) is 85.4 cm³/mol. The Balaban J connectivity index is 1.38. The molecule has 1 aromatic carbocycles. The molecule has 2 aliphatic heterocycles. The summed E-state index contributed by atoms with van der Waals surface area (Å²) in [6, 6.07) is 8.02. The zero-order valence-electron chi connectivity index (χ0n) is 13.6. The van der Waals surface area contributed by atoms with Gasteiger partial charge in [0, 0.05) is 13.1 Å². The van der Waals surface area contributed by atoms with Crippen LogP contribution < -0.4 is 10.6 Å². The van der Waals surface area contributed by atoms with Crippen molar-refractivity contribution < 1.29 is 28.7 Å². The van der Waals surface area contributed by atoms with E-state index in [9.17, 15) is 24.0 Å². The summed E-state index contributed by atoms with van der Waals surface area (Å²) in [6.07, 6.45) is -0.592. The van der Waals surface area contributed by atoms with E-state index in [0.29, 0.717) is 4.90 Å². The molecule has 0 spiro atoms. The number of likely N-dealkylation sites (tertiary alicyclic amines) is 1. The number of ether oxygens (including phenoxy) is 1. The van der Waals surface area contributed by atoms with Crippen molar-refractivity contribution >= 4 is 29.8 Å². The van der Waals surface area contributed by atoms with Crippen molar-refractivity contribution in [1.29, 1.82) is 0 Å². The molecule has 1 aromatic rings. The smallest absolute Gasteiger partial charge is 0.407 e. The molecule has 3 rings (SSSR count). The molecule has 6 amide bonds. The van der Waals surface area contributed by atoms with E-state index in [-0.39, 0.29) is 25.7 Å². The number of carbonyl (C=O) groups is 5. The van der Waals surface area contributed by atoms with Crippen LogP contribution in [0.2, 0.25) is 0 Å². The van der Waals surface area contributed by atoms with Gasteiger partial charge in [0.2, 0.25) is 5.91 Å². The molecule has 136 valence electrons. The second-order valence-electron chi connectivity index (χ2n) is 5.85. The molecular formula is C16H16N4O6. The van der Waals surface area contributed by atoms with E-state index in [1.807, 2.05) is 35.6 Å². The molecule has 0 saturated carbocycles. The van der Waals surface area contributed by atoms with Gasteiger partial charge in [0.25, 0.3) is 0 Å². The number of nitrogens with zero attached hydrogens (tertiary/aromatic N) is 2. The van der Waals surface area contributed by atoms with Crippen LogP contribution in [0.1, 0.15) is 5.56 Å². The lowest BCUT2D eigenvalue weighted by Gasteiger charge is -2.39. The number of carbonyl (C=O) groups excluding carboxylic acids is 5. The van der Waals surface area contributed by atoms with Crippen LogP contribution in [0.3, 0.4) is 0 Å². The van der Waals surface area contributed by atoms with Crippen LogP contribution in [0.25, 0.3) is 0 Å². The summed E-state index contributed by atoms with van der Waals surface area (Å²) in [5.41, 5.74) is 0.858. The van der Waals surface area contributed by atoms with E-state index in [1.54, 1.807) is 0 Å². The summed E-state index contributed by atoms with van der Waals surface area (Å²) in [5, 5.41) is 4.43. The Morgan fingerprint density at radius 3 is 2.46 bits per heavy atom. The van der Waals surface area contributed by atoms with E-state index < -0.39 is 36.4 Å². The molecule has 10 nitrogen and oxygen atoms in total. The van der Waals surface area contributed by atoms with Crippen molar-refractivity contribution in [3.63, 3.8) is 0 Å². The maximum absolute atomic E-state index is 12.0. The lowest BCUT2D eigenvalue weighted by molar-refractivity contribution is -0.144. The minimum Gasteiger partial charge on any atom is -0.445 e. The molecular weight excluding hydrogens is 344 g/mol. The third kappa shape index (κ3) is 3.79. The SMILES string of the molecule is O=C(NC1CN(C(=O)CN2C(=O)NC(=O)C2=O)C1)OCc1ccccc1. The molecule has 0 aliphatic carbocycles. The van der Waals surface area contributed by atoms with Crippen LogP contribution in [0.5, 0.6) is 0 Å². The van der Waals surface area contributed by atoms with Gasteiger partial charge in [0.1, 0.15) is 13.2 Å². The zero-order chi connectivity index (χ0) is 18.7. The second kappa shape index (κ2) is 7.21. The lowest BCUT2D eigenvalue weighted by Crippen LogP contribution is -2.62. The number of rotatable bonds is 5. The van der Waals surface area contributed by atoms with Gasteiger partial charge in [-0.2, -0.15) is 0 Å². The lowest BCUT2D eigenvalue weighted by atomic mass is 10.1. The molecule has 2 saturated heterocycles. The van der Waals surface area contributed by atoms with E-state index in [4.69, 9.17) is 4.74 Å². The van der Waals surface area contributed by atoms with Crippen molar-refractivity contribution in [2.45, 2.75) is 12.6 Å². The largest absolute Gasteiger partial charge is 0.445 e. The van der Waals surface area contributed by atoms with Crippen LogP contribution in [-0.2, 0) is 25.7 Å². The molecule has 0 unspecified atom stereocenters. The third-order valence-corrected chi connectivity index (χ3v) is 3.97. The van der Waals surface area contributed by atoms with Crippen LogP contribution in [0.4, 0.5) is 9.59 Å². The molecule has 0 atom stereocenters. The third-order valence-electron chi connectivity index (χ3n) is 3.97. The minimum atomic E-state index is -1.05. The monoisotopic (exact) mass is 360 g/mol. The van der Waals surface area contributed by atoms with Gasteiger partial charge in [0.15, 0.2) is 0 Å². The first-order chi connectivity index (χ1) is 12.4. The van der Waals surface area contributed by atoms with Crippen LogP contribution in [0, 0.1) is 0 Å². The molecule has 0 aromatic heterocycles. The molecule has 0 radical (unpaired) electrons. The molecule has 2 heterocycles. The average Bonchev–Trinajstić information content (AvgIpc) is 2.83. The van der Waals surface area contributed by atoms with E-state index >= 15 is 0 Å². The summed E-state index contributed by atoms with van der Waals surface area (Å²) < 4.78 is 5.08. The van der Waals surface area contributed by atoms with Crippen molar-refractivity contribution in [2.75, 3.05) is 19.6 Å². The standard InChI is InChI=1S/C16H16N4O6/c21-12(8-20-14(23)13(22)18-15(20)24)19-6-11(7-19)17-16(25)26-9-10-4-2-1-3-5-10/h1-5,11H,6-9H2,(H,17,25)(H,18,22,24). The summed E-state index contributed by atoms with van der Waals surface area (Å²) in [5.74, 6) is -2.59. The molecule has 26 heavy (non-hydrogen) atoms. The summed E-state index contributed by atoms with van der Waals surface area (Å²) in [4.78, 5) is 59.5. The number of hydrogen-bond donors (Lipinski definition) is 2. The van der Waals surface area contributed by atoms with Gasteiger partial charge in [-0.15, -0.1) is 0 Å². The summed E-state index contributed by atoms with van der Waals surface area (Å²) in [6.45, 7) is 0.0948. The van der Waals surface area contributed by atoms with Crippen LogP contribution in [-0.4, -0.2) is 65.3 Å². The van der Waals surface area contributed by atoms with Crippen molar-refractivity contribution in [3.8, 4) is 0 Å². The first-order valence-electron chi connectivity index (χ1n) is 7.86. The highest BCUT2D eigenvalue weighted by atomic mass is 16.5. The number of imide groups is 2. The zero-order valence-corrected chi connectivity index (χ0v) is 13.6. The highest BCUT2D eigenvalue weighted by molar-refractivity contribution is 6.45. The van der Waals surface area contributed by atoms with Crippen molar-refractivity contribution in [1.82, 2.24) is 20.4 Å². The number of alkyl carbamates (subject to hydrolysis) is 1. The van der Waals surface area contributed by atoms with Gasteiger partial charge < -0.3 is 15.0 Å². The van der Waals surface area contributed by atoms with Crippen molar-refractivity contribution in [3.05, 3.63) is 35.9 Å². The molecule has 10 heteroatoms. The predicted octanol–water partition coefficient (Wildman–Crippen LogP) is -0.798. The van der Waals surface area contributed by atoms with Gasteiger partial charge in [-0.25, -0.2) is 14.5 Å². The number of nitrogens with one attached hydrogen (secondary N) is 2. The maximum Gasteiger partial charge on any atom is 0.407 e. The second-order valence-corrected chi connectivity index (χ2v) is 5.85. The fraction of sp³-hybridized carbons (Fsp3) is 0.312. The van der Waals surface area contributed by atoms with E-state index in [1.165, 1.54) is 4.90 Å². The Hall–Kier alpha value is -3.43. The molecule has 2 aliphatic rings. The molecule has 0 bridgehead atoms. The van der Waals surface area contributed by atoms with E-state index in [0.717, 1.165) is 5.56 Å². The van der Waals surface area contributed by atoms with Gasteiger partial charge in [-0.1, -0.05) is 30.3 Å². The minimum absolute atomic E-state index is 0.141. The van der Waals surface area contributed by atoms with Gasteiger partial charge in [-0.3, -0.25) is 19.7 Å². The average molecular weight is 360 g/mol. The Morgan fingerprint density at radius 2 is 1.85 bits per heavy atom. The first kappa shape index (κ1) is 17.4. The van der Waals surface area contributed by atoms with Gasteiger partial charge in [0.05, 0.1) is 6.04 Å². The fourth-order valence-electron chi connectivity index (χ4n) is 2.52. The summed E-state index contributed by atoms with van der Waals surface area (Å²) >= 11 is 0. The number of hydrogen-bond acceptors (Lipinski definition) is 6. The first-order valence-corrected chi connectivity index (χ1v) is 7.86. The van der Waals surface area contributed by atoms with E-state index in [2.05, 4.69) is 5.32 Å². The van der Waals surface area contributed by atoms with Crippen LogP contribution >= 0.6 is 0 Å². The molecule has 2 fully saturated rings. The Labute approximate surface area is 148 Å². The fourth-order valence-corrected chi connectivity index (χ4v) is 2.52. The van der Waals surface area contributed by atoms with Crippen LogP contribution in [0.15, 0.2) is 30.3 Å². The number of benzene rings is 1. The number of urea groups is 1. The highest BCUT2D eigenvalue weighted by Crippen LogP contribution is 2.11. The van der Waals surface area contributed by atoms with Gasteiger partial charge >= 0.3 is 23.9 Å². The maximum atomic E-state index is 12.0. The summed E-state index contributed by atoms with van der Waals surface area (Å²) in [7, 11) is 0. The topological polar surface area (TPSA) is 125 Å². The Morgan fingerprint density at radius 1 is 1.15 bits per heavy atom. The van der Waals surface area contributed by atoms with Crippen molar-refractivity contribution in [2.24, 2.45) is 0 Å². The van der Waals surface area contributed by atoms with Gasteiger partial charge in [-0.05, 0) is 5.56 Å². The quantitative estimate of drug-likeness (QED) is 0.523. The molecule has 2 N–H and O–H groups in total. The highest BCUT2D eigenvalue weighted by Gasteiger charge is 2.40. The Bertz CT molecular complexity index is 759.